The summed E-state index contributed by atoms with van der Waals surface area (Å²) in [7, 11) is 0. The number of hydrogen-bond acceptors (Lipinski definition) is 8. The van der Waals surface area contributed by atoms with Crippen LogP contribution in [0.4, 0.5) is 0 Å². The van der Waals surface area contributed by atoms with Crippen LogP contribution in [0.15, 0.2) is 18.2 Å². The van der Waals surface area contributed by atoms with Crippen molar-refractivity contribution < 1.29 is 38.5 Å². The van der Waals surface area contributed by atoms with Gasteiger partial charge in [0.2, 0.25) is 0 Å². The van der Waals surface area contributed by atoms with E-state index in [4.69, 9.17) is 19.9 Å². The highest BCUT2D eigenvalue weighted by Gasteiger charge is 2.36. The molecule has 1 aromatic carbocycles. The summed E-state index contributed by atoms with van der Waals surface area (Å²) < 4.78 is 16.8. The largest absolute Gasteiger partial charge is 0.480 e. The maximum absolute atomic E-state index is 12.6. The minimum atomic E-state index is -1.34. The second kappa shape index (κ2) is 15.5. The molecule has 214 valence electrons. The van der Waals surface area contributed by atoms with E-state index in [-0.39, 0.29) is 29.8 Å². The predicted octanol–water partition coefficient (Wildman–Crippen LogP) is 5.09. The molecule has 9 nitrogen and oxygen atoms in total. The molecule has 9 heteroatoms. The Kier molecular flexibility index (Phi) is 13.5. The van der Waals surface area contributed by atoms with Crippen LogP contribution in [-0.4, -0.2) is 41.1 Å². The highest BCUT2D eigenvalue weighted by molar-refractivity contribution is 5.79. The molecule has 0 saturated heterocycles. The fraction of sp³-hybridized carbons (Fsp3) is 0.655. The molecule has 0 fully saturated rings. The van der Waals surface area contributed by atoms with Crippen LogP contribution in [0.2, 0.25) is 0 Å². The van der Waals surface area contributed by atoms with Crippen LogP contribution in [0, 0.1) is 23.7 Å². The number of carboxylic acid groups (broad SMARTS) is 1. The minimum Gasteiger partial charge on any atom is -0.480 e. The zero-order valence-electron chi connectivity index (χ0n) is 24.0. The van der Waals surface area contributed by atoms with Crippen molar-refractivity contribution in [3.05, 3.63) is 23.8 Å². The first-order chi connectivity index (χ1) is 17.7. The Bertz CT molecular complexity index is 960. The van der Waals surface area contributed by atoms with Gasteiger partial charge in [0, 0.05) is 18.3 Å². The van der Waals surface area contributed by atoms with Crippen LogP contribution < -0.4 is 15.2 Å². The van der Waals surface area contributed by atoms with Gasteiger partial charge in [-0.2, -0.15) is 0 Å². The van der Waals surface area contributed by atoms with E-state index in [1.807, 2.05) is 27.7 Å². The summed E-state index contributed by atoms with van der Waals surface area (Å²) >= 11 is 0. The summed E-state index contributed by atoms with van der Waals surface area (Å²) in [5.74, 6) is -4.27. The zero-order valence-corrected chi connectivity index (χ0v) is 24.0. The molecule has 1 aromatic rings. The van der Waals surface area contributed by atoms with Crippen molar-refractivity contribution in [3.8, 4) is 11.5 Å². The van der Waals surface area contributed by atoms with Crippen molar-refractivity contribution >= 4 is 23.9 Å². The Morgan fingerprint density at radius 1 is 0.868 bits per heavy atom. The van der Waals surface area contributed by atoms with E-state index in [0.29, 0.717) is 30.7 Å². The summed E-state index contributed by atoms with van der Waals surface area (Å²) in [4.78, 5) is 49.4. The van der Waals surface area contributed by atoms with E-state index >= 15 is 0 Å². The number of esters is 3. The van der Waals surface area contributed by atoms with Crippen molar-refractivity contribution in [2.24, 2.45) is 29.4 Å². The first kappa shape index (κ1) is 33.1. The molecule has 3 N–H and O–H groups in total. The third kappa shape index (κ3) is 9.74. The van der Waals surface area contributed by atoms with Gasteiger partial charge >= 0.3 is 23.9 Å². The lowest BCUT2D eigenvalue weighted by Gasteiger charge is -2.32. The first-order valence-corrected chi connectivity index (χ1v) is 13.5. The number of carboxylic acids is 1. The Labute approximate surface area is 226 Å². The number of rotatable bonds is 15. The Hall–Kier alpha value is -2.94. The molecule has 0 spiro atoms. The van der Waals surface area contributed by atoms with Gasteiger partial charge in [-0.25, -0.2) is 0 Å². The molecule has 6 atom stereocenters. The van der Waals surface area contributed by atoms with Crippen molar-refractivity contribution in [1.82, 2.24) is 0 Å². The smallest absolute Gasteiger partial charge is 0.321 e. The molecule has 0 bridgehead atoms. The molecule has 0 aliphatic heterocycles. The summed E-state index contributed by atoms with van der Waals surface area (Å²) in [5.41, 5.74) is 6.58. The van der Waals surface area contributed by atoms with Crippen LogP contribution >= 0.6 is 0 Å². The number of ether oxygens (including phenoxy) is 3. The highest BCUT2D eigenvalue weighted by atomic mass is 16.6. The lowest BCUT2D eigenvalue weighted by atomic mass is 9.79. The van der Waals surface area contributed by atoms with Gasteiger partial charge in [-0.1, -0.05) is 54.5 Å². The lowest BCUT2D eigenvalue weighted by Crippen LogP contribution is -2.42. The normalized spacial score (nSPS) is 16.1. The molecule has 0 aromatic heterocycles. The summed E-state index contributed by atoms with van der Waals surface area (Å²) in [5, 5.41) is 9.77. The van der Waals surface area contributed by atoms with Crippen LogP contribution in [0.3, 0.4) is 0 Å². The van der Waals surface area contributed by atoms with E-state index < -0.39 is 47.8 Å². The molecule has 1 rings (SSSR count). The number of nitrogens with two attached hydrogens (primary N) is 1. The van der Waals surface area contributed by atoms with Crippen molar-refractivity contribution in [1.29, 1.82) is 0 Å². The standard InChI is InChI=1S/C29H45NO8/c1-9-17(5)28(34)37-22-13-12-21(15-23(22)38-29(35)18(6)10-2)25(26(30)27(32)33)19(7)20(8)36-24(31)14-11-16(3)4/h12-13,15-20,25-26H,9-11,14,30H2,1-8H3,(H,32,33)/t17?,18?,19?,20?,25?,26-/m0/s1. The van der Waals surface area contributed by atoms with Gasteiger partial charge in [0.05, 0.1) is 11.8 Å². The van der Waals surface area contributed by atoms with Gasteiger partial charge in [-0.3, -0.25) is 19.2 Å². The van der Waals surface area contributed by atoms with Gasteiger partial charge in [-0.15, -0.1) is 0 Å². The van der Waals surface area contributed by atoms with E-state index in [1.54, 1.807) is 33.8 Å². The summed E-state index contributed by atoms with van der Waals surface area (Å²) in [6.07, 6.45) is 1.42. The molecule has 38 heavy (non-hydrogen) atoms. The van der Waals surface area contributed by atoms with E-state index in [9.17, 15) is 24.3 Å². The number of carbonyl (C=O) groups is 4. The quantitative estimate of drug-likeness (QED) is 0.232. The van der Waals surface area contributed by atoms with Crippen molar-refractivity contribution in [2.45, 2.75) is 99.1 Å². The SMILES string of the molecule is CCC(C)C(=O)Oc1ccc(C(C(C)C(C)OC(=O)CCC(C)C)[C@H](N)C(=O)O)cc1OC(=O)C(C)CC. The topological polar surface area (TPSA) is 142 Å². The van der Waals surface area contributed by atoms with Gasteiger partial charge in [0.25, 0.3) is 0 Å². The second-order valence-electron chi connectivity index (χ2n) is 10.5. The Morgan fingerprint density at radius 3 is 1.87 bits per heavy atom. The average molecular weight is 536 g/mol. The van der Waals surface area contributed by atoms with Crippen LogP contribution in [0.5, 0.6) is 11.5 Å². The van der Waals surface area contributed by atoms with E-state index in [1.165, 1.54) is 12.1 Å². The van der Waals surface area contributed by atoms with Gasteiger partial charge < -0.3 is 25.1 Å². The van der Waals surface area contributed by atoms with E-state index in [0.717, 1.165) is 0 Å². The van der Waals surface area contributed by atoms with E-state index in [2.05, 4.69) is 0 Å². The zero-order chi connectivity index (χ0) is 29.2. The van der Waals surface area contributed by atoms with Crippen molar-refractivity contribution in [2.75, 3.05) is 0 Å². The number of carbonyl (C=O) groups excluding carboxylic acids is 3. The third-order valence-electron chi connectivity index (χ3n) is 7.03. The number of benzene rings is 1. The molecule has 0 amide bonds. The van der Waals surface area contributed by atoms with Gasteiger partial charge in [0.15, 0.2) is 11.5 Å². The number of hydrogen-bond donors (Lipinski definition) is 2. The molecular weight excluding hydrogens is 490 g/mol. The molecule has 0 radical (unpaired) electrons. The molecule has 0 saturated carbocycles. The minimum absolute atomic E-state index is 0.000762. The molecule has 0 aliphatic carbocycles. The van der Waals surface area contributed by atoms with Crippen molar-refractivity contribution in [3.63, 3.8) is 0 Å². The third-order valence-corrected chi connectivity index (χ3v) is 7.03. The van der Waals surface area contributed by atoms with Crippen LogP contribution in [0.1, 0.15) is 92.6 Å². The lowest BCUT2D eigenvalue weighted by molar-refractivity contribution is -0.151. The highest BCUT2D eigenvalue weighted by Crippen LogP contribution is 2.38. The maximum atomic E-state index is 12.6. The summed E-state index contributed by atoms with van der Waals surface area (Å²) in [6.45, 7) is 14.6. The molecule has 0 heterocycles. The molecule has 0 aliphatic rings. The monoisotopic (exact) mass is 535 g/mol. The Morgan fingerprint density at radius 2 is 1.39 bits per heavy atom. The summed E-state index contributed by atoms with van der Waals surface area (Å²) in [6, 6.07) is 3.21. The maximum Gasteiger partial charge on any atom is 0.321 e. The molecular formula is C29H45NO8. The Balaban J connectivity index is 3.44. The van der Waals surface area contributed by atoms with Crippen LogP contribution in [-0.2, 0) is 23.9 Å². The van der Waals surface area contributed by atoms with Crippen LogP contribution in [0.25, 0.3) is 0 Å². The fourth-order valence-electron chi connectivity index (χ4n) is 3.71. The number of aliphatic carboxylic acids is 1. The molecule has 5 unspecified atom stereocenters. The second-order valence-corrected chi connectivity index (χ2v) is 10.5. The first-order valence-electron chi connectivity index (χ1n) is 13.5. The average Bonchev–Trinajstić information content (AvgIpc) is 2.87. The van der Waals surface area contributed by atoms with Gasteiger partial charge in [-0.05, 0) is 49.8 Å². The fourth-order valence-corrected chi connectivity index (χ4v) is 3.71. The van der Waals surface area contributed by atoms with Gasteiger partial charge in [0.1, 0.15) is 12.1 Å². The predicted molar refractivity (Wildman–Crippen MR) is 144 cm³/mol.